The maximum atomic E-state index is 12.9. The van der Waals surface area contributed by atoms with Crippen molar-refractivity contribution >= 4 is 29.2 Å². The first-order valence-electron chi connectivity index (χ1n) is 12.0. The van der Waals surface area contributed by atoms with Crippen molar-refractivity contribution in [2.75, 3.05) is 41.3 Å². The maximum Gasteiger partial charge on any atom is 0.266 e. The standard InChI is InChI=1S/C25H27N7O4/c26-13-19-25(36-24(30-19)20-4-2-12-35-20)31-10-7-16(8-11-31)23(34)29-18-5-6-21(28-14-18)32-9-1-3-17(15-32)22(27)33/h2,4-6,12,14,16-17H,1,3,7-11,15H2,(H2,27,33)(H,29,34). The molecular weight excluding hydrogens is 462 g/mol. The molecule has 2 amide bonds. The van der Waals surface area contributed by atoms with Crippen molar-refractivity contribution < 1.29 is 18.4 Å². The molecule has 2 aliphatic rings. The van der Waals surface area contributed by atoms with Gasteiger partial charge in [-0.05, 0) is 49.9 Å². The minimum atomic E-state index is -0.278. The number of oxazole rings is 1. The van der Waals surface area contributed by atoms with Gasteiger partial charge in [0.1, 0.15) is 11.9 Å². The van der Waals surface area contributed by atoms with E-state index in [1.807, 2.05) is 17.0 Å². The summed E-state index contributed by atoms with van der Waals surface area (Å²) in [4.78, 5) is 37.1. The number of nitrogens with two attached hydrogens (primary N) is 1. The number of amides is 2. The maximum absolute atomic E-state index is 12.9. The first-order chi connectivity index (χ1) is 17.5. The minimum Gasteiger partial charge on any atom is -0.459 e. The van der Waals surface area contributed by atoms with Crippen molar-refractivity contribution in [3.8, 4) is 17.7 Å². The molecule has 186 valence electrons. The second-order valence-electron chi connectivity index (χ2n) is 9.11. The van der Waals surface area contributed by atoms with Crippen LogP contribution in [0.3, 0.4) is 0 Å². The number of carbonyl (C=O) groups is 2. The summed E-state index contributed by atoms with van der Waals surface area (Å²) in [5.41, 5.74) is 6.30. The first kappa shape index (κ1) is 23.4. The SMILES string of the molecule is N#Cc1nc(-c2ccco2)oc1N1CCC(C(=O)Nc2ccc(N3CCCC(C(N)=O)C3)nc2)CC1. The number of anilines is 3. The molecule has 3 aromatic heterocycles. The molecule has 36 heavy (non-hydrogen) atoms. The number of carbonyl (C=O) groups excluding carboxylic acids is 2. The van der Waals surface area contributed by atoms with E-state index in [4.69, 9.17) is 14.6 Å². The fraction of sp³-hybridized carbons (Fsp3) is 0.400. The molecule has 0 radical (unpaired) electrons. The second kappa shape index (κ2) is 10.1. The Labute approximate surface area is 207 Å². The van der Waals surface area contributed by atoms with Crippen LogP contribution in [-0.4, -0.2) is 48.0 Å². The number of nitrogens with zero attached hydrogens (tertiary/aromatic N) is 5. The van der Waals surface area contributed by atoms with E-state index in [1.54, 1.807) is 18.3 Å². The van der Waals surface area contributed by atoms with E-state index < -0.39 is 0 Å². The molecule has 0 aliphatic carbocycles. The molecule has 0 spiro atoms. The number of hydrogen-bond donors (Lipinski definition) is 2. The lowest BCUT2D eigenvalue weighted by atomic mass is 9.96. The van der Waals surface area contributed by atoms with E-state index in [-0.39, 0.29) is 35.2 Å². The zero-order valence-electron chi connectivity index (χ0n) is 19.7. The number of nitrogens with one attached hydrogen (secondary N) is 1. The molecule has 3 aromatic rings. The van der Waals surface area contributed by atoms with Crippen molar-refractivity contribution in [3.63, 3.8) is 0 Å². The molecule has 0 bridgehead atoms. The van der Waals surface area contributed by atoms with E-state index in [0.29, 0.717) is 49.8 Å². The van der Waals surface area contributed by atoms with Gasteiger partial charge in [-0.1, -0.05) is 0 Å². The Morgan fingerprint density at radius 2 is 1.94 bits per heavy atom. The molecule has 0 saturated carbocycles. The zero-order valence-corrected chi connectivity index (χ0v) is 19.7. The van der Waals surface area contributed by atoms with Crippen LogP contribution in [-0.2, 0) is 9.59 Å². The van der Waals surface area contributed by atoms with Gasteiger partial charge in [-0.15, -0.1) is 0 Å². The number of pyridine rings is 1. The summed E-state index contributed by atoms with van der Waals surface area (Å²) in [6.45, 7) is 2.51. The molecule has 11 nitrogen and oxygen atoms in total. The van der Waals surface area contributed by atoms with Gasteiger partial charge in [0.25, 0.3) is 5.89 Å². The Bertz CT molecular complexity index is 1250. The smallest absolute Gasteiger partial charge is 0.266 e. The zero-order chi connectivity index (χ0) is 25.1. The Kier molecular flexibility index (Phi) is 6.58. The van der Waals surface area contributed by atoms with Crippen molar-refractivity contribution in [1.29, 1.82) is 5.26 Å². The lowest BCUT2D eigenvalue weighted by Gasteiger charge is -2.32. The second-order valence-corrected chi connectivity index (χ2v) is 9.11. The summed E-state index contributed by atoms with van der Waals surface area (Å²) >= 11 is 0. The predicted molar refractivity (Wildman–Crippen MR) is 131 cm³/mol. The first-order valence-corrected chi connectivity index (χ1v) is 12.0. The lowest BCUT2D eigenvalue weighted by molar-refractivity contribution is -0.122. The summed E-state index contributed by atoms with van der Waals surface area (Å²) in [5, 5.41) is 12.4. The molecule has 2 saturated heterocycles. The molecule has 1 atom stereocenters. The minimum absolute atomic E-state index is 0.0645. The highest BCUT2D eigenvalue weighted by Crippen LogP contribution is 2.31. The van der Waals surface area contributed by atoms with Crippen LogP contribution in [0.1, 0.15) is 31.4 Å². The van der Waals surface area contributed by atoms with E-state index in [9.17, 15) is 14.9 Å². The Balaban J connectivity index is 1.16. The van der Waals surface area contributed by atoms with Gasteiger partial charge in [-0.3, -0.25) is 9.59 Å². The van der Waals surface area contributed by atoms with Crippen molar-refractivity contribution in [3.05, 3.63) is 42.4 Å². The summed E-state index contributed by atoms with van der Waals surface area (Å²) < 4.78 is 11.1. The number of primary amides is 1. The number of aromatic nitrogens is 2. The fourth-order valence-electron chi connectivity index (χ4n) is 4.76. The molecular formula is C25H27N7O4. The molecule has 2 fully saturated rings. The number of furan rings is 1. The number of nitriles is 1. The van der Waals surface area contributed by atoms with E-state index in [2.05, 4.69) is 26.3 Å². The predicted octanol–water partition coefficient (Wildman–Crippen LogP) is 2.76. The third kappa shape index (κ3) is 4.88. The number of hydrogen-bond acceptors (Lipinski definition) is 9. The van der Waals surface area contributed by atoms with Gasteiger partial charge in [0, 0.05) is 32.1 Å². The van der Waals surface area contributed by atoms with Crippen LogP contribution in [0.5, 0.6) is 0 Å². The highest BCUT2D eigenvalue weighted by molar-refractivity contribution is 5.92. The lowest BCUT2D eigenvalue weighted by Crippen LogP contribution is -2.41. The average molecular weight is 490 g/mol. The average Bonchev–Trinajstić information content (AvgIpc) is 3.59. The molecule has 2 aliphatic heterocycles. The third-order valence-corrected chi connectivity index (χ3v) is 6.76. The van der Waals surface area contributed by atoms with Crippen LogP contribution in [0.15, 0.2) is 45.6 Å². The van der Waals surface area contributed by atoms with Gasteiger partial charge in [0.2, 0.25) is 23.4 Å². The van der Waals surface area contributed by atoms with Gasteiger partial charge in [-0.2, -0.15) is 10.2 Å². The van der Waals surface area contributed by atoms with E-state index in [0.717, 1.165) is 25.2 Å². The van der Waals surface area contributed by atoms with Crippen LogP contribution >= 0.6 is 0 Å². The highest BCUT2D eigenvalue weighted by Gasteiger charge is 2.30. The van der Waals surface area contributed by atoms with Crippen LogP contribution in [0, 0.1) is 23.2 Å². The Hall–Kier alpha value is -4.33. The molecule has 5 heterocycles. The number of piperidine rings is 2. The van der Waals surface area contributed by atoms with Crippen LogP contribution in [0.2, 0.25) is 0 Å². The highest BCUT2D eigenvalue weighted by atomic mass is 16.4. The molecule has 0 aromatic carbocycles. The summed E-state index contributed by atoms with van der Waals surface area (Å²) in [6, 6.07) is 9.21. The van der Waals surface area contributed by atoms with E-state index >= 15 is 0 Å². The van der Waals surface area contributed by atoms with Gasteiger partial charge < -0.3 is 29.7 Å². The molecule has 3 N–H and O–H groups in total. The quantitative estimate of drug-likeness (QED) is 0.532. The molecule has 5 rings (SSSR count). The summed E-state index contributed by atoms with van der Waals surface area (Å²) in [6.07, 6.45) is 6.08. The monoisotopic (exact) mass is 489 g/mol. The van der Waals surface area contributed by atoms with Gasteiger partial charge in [-0.25, -0.2) is 4.98 Å². The Morgan fingerprint density at radius 3 is 2.61 bits per heavy atom. The summed E-state index contributed by atoms with van der Waals surface area (Å²) in [5.74, 6) is 1.21. The van der Waals surface area contributed by atoms with Crippen molar-refractivity contribution in [2.45, 2.75) is 25.7 Å². The van der Waals surface area contributed by atoms with Gasteiger partial charge in [0.15, 0.2) is 5.76 Å². The molecule has 11 heteroatoms. The van der Waals surface area contributed by atoms with Crippen LogP contribution < -0.4 is 20.9 Å². The summed E-state index contributed by atoms with van der Waals surface area (Å²) in [7, 11) is 0. The number of rotatable bonds is 6. The Morgan fingerprint density at radius 1 is 1.11 bits per heavy atom. The topological polar surface area (TPSA) is 155 Å². The van der Waals surface area contributed by atoms with E-state index in [1.165, 1.54) is 6.26 Å². The fourth-order valence-corrected chi connectivity index (χ4v) is 4.76. The van der Waals surface area contributed by atoms with Crippen molar-refractivity contribution in [1.82, 2.24) is 9.97 Å². The largest absolute Gasteiger partial charge is 0.459 e. The van der Waals surface area contributed by atoms with Gasteiger partial charge in [0.05, 0.1) is 24.1 Å². The third-order valence-electron chi connectivity index (χ3n) is 6.76. The van der Waals surface area contributed by atoms with Crippen LogP contribution in [0.25, 0.3) is 11.7 Å². The van der Waals surface area contributed by atoms with Crippen molar-refractivity contribution in [2.24, 2.45) is 17.6 Å². The normalized spacial score (nSPS) is 18.6. The molecule has 1 unspecified atom stereocenters. The van der Waals surface area contributed by atoms with Gasteiger partial charge >= 0.3 is 0 Å². The van der Waals surface area contributed by atoms with Crippen LogP contribution in [0.4, 0.5) is 17.4 Å².